The fourth-order valence-electron chi connectivity index (χ4n) is 1.31. The molecule has 1 rings (SSSR count). The van der Waals surface area contributed by atoms with Crippen LogP contribution >= 0.6 is 0 Å². The van der Waals surface area contributed by atoms with E-state index in [0.29, 0.717) is 12.1 Å². The summed E-state index contributed by atoms with van der Waals surface area (Å²) < 4.78 is 0. The summed E-state index contributed by atoms with van der Waals surface area (Å²) in [5.41, 5.74) is 0. The van der Waals surface area contributed by atoms with Crippen molar-refractivity contribution in [3.05, 3.63) is 0 Å². The van der Waals surface area contributed by atoms with Crippen molar-refractivity contribution in [3.8, 4) is 0 Å². The van der Waals surface area contributed by atoms with Gasteiger partial charge in [0.25, 0.3) is 0 Å². The Kier molecular flexibility index (Phi) is 2.07. The summed E-state index contributed by atoms with van der Waals surface area (Å²) in [4.78, 5) is 15.1. The first-order valence-electron chi connectivity index (χ1n) is 4.07. The molecule has 0 aromatic carbocycles. The minimum atomic E-state index is 0.160. The molecule has 0 saturated carbocycles. The lowest BCUT2D eigenvalue weighted by atomic mass is 10.3. The van der Waals surface area contributed by atoms with E-state index in [1.54, 1.807) is 4.90 Å². The van der Waals surface area contributed by atoms with E-state index in [4.69, 9.17) is 0 Å². The van der Waals surface area contributed by atoms with Crippen molar-refractivity contribution in [2.75, 3.05) is 13.6 Å². The molecule has 11 heavy (non-hydrogen) atoms. The van der Waals surface area contributed by atoms with Crippen molar-refractivity contribution < 1.29 is 4.79 Å². The highest BCUT2D eigenvalue weighted by Crippen LogP contribution is 2.15. The molecule has 0 aliphatic carbocycles. The molecule has 3 heteroatoms. The lowest BCUT2D eigenvalue weighted by Crippen LogP contribution is -2.34. The Morgan fingerprint density at radius 3 is 2.27 bits per heavy atom. The topological polar surface area (TPSA) is 23.6 Å². The van der Waals surface area contributed by atoms with E-state index < -0.39 is 0 Å². The van der Waals surface area contributed by atoms with E-state index in [2.05, 4.69) is 6.92 Å². The number of hydrogen-bond acceptors (Lipinski definition) is 1. The number of hydrogen-bond donors (Lipinski definition) is 0. The van der Waals surface area contributed by atoms with E-state index in [1.165, 1.54) is 0 Å². The largest absolute Gasteiger partial charge is 0.323 e. The molecule has 3 nitrogen and oxygen atoms in total. The first kappa shape index (κ1) is 8.37. The van der Waals surface area contributed by atoms with Crippen LogP contribution in [0.15, 0.2) is 0 Å². The van der Waals surface area contributed by atoms with Crippen LogP contribution in [0.3, 0.4) is 0 Å². The summed E-state index contributed by atoms with van der Waals surface area (Å²) >= 11 is 0. The highest BCUT2D eigenvalue weighted by Gasteiger charge is 2.32. The summed E-state index contributed by atoms with van der Waals surface area (Å²) in [6, 6.07) is 0.854. The van der Waals surface area contributed by atoms with E-state index in [9.17, 15) is 4.79 Å². The van der Waals surface area contributed by atoms with Crippen LogP contribution in [-0.2, 0) is 0 Å². The third-order valence-corrected chi connectivity index (χ3v) is 2.29. The minimum absolute atomic E-state index is 0.160. The summed E-state index contributed by atoms with van der Waals surface area (Å²) in [5.74, 6) is 0. The number of amides is 2. The fourth-order valence-corrected chi connectivity index (χ4v) is 1.31. The normalized spacial score (nSPS) is 25.5. The SMILES string of the molecule is CC1CN(C(C)C)C(=O)N1C. The van der Waals surface area contributed by atoms with Crippen molar-refractivity contribution in [1.29, 1.82) is 0 Å². The third-order valence-electron chi connectivity index (χ3n) is 2.29. The van der Waals surface area contributed by atoms with E-state index in [-0.39, 0.29) is 6.03 Å². The molecule has 1 unspecified atom stereocenters. The molecule has 0 radical (unpaired) electrons. The Hall–Kier alpha value is -0.730. The van der Waals surface area contributed by atoms with Gasteiger partial charge in [-0.15, -0.1) is 0 Å². The van der Waals surface area contributed by atoms with Gasteiger partial charge in [0.2, 0.25) is 0 Å². The van der Waals surface area contributed by atoms with Crippen LogP contribution in [0, 0.1) is 0 Å². The Morgan fingerprint density at radius 1 is 1.55 bits per heavy atom. The van der Waals surface area contributed by atoms with Crippen molar-refractivity contribution in [2.24, 2.45) is 0 Å². The summed E-state index contributed by atoms with van der Waals surface area (Å²) in [5, 5.41) is 0. The molecule has 0 bridgehead atoms. The van der Waals surface area contributed by atoms with Crippen LogP contribution in [-0.4, -0.2) is 41.5 Å². The molecule has 1 aliphatic rings. The quantitative estimate of drug-likeness (QED) is 0.558. The number of rotatable bonds is 1. The van der Waals surface area contributed by atoms with Gasteiger partial charge in [0.15, 0.2) is 0 Å². The minimum Gasteiger partial charge on any atom is -0.323 e. The van der Waals surface area contributed by atoms with E-state index >= 15 is 0 Å². The van der Waals surface area contributed by atoms with E-state index in [1.807, 2.05) is 25.8 Å². The lowest BCUT2D eigenvalue weighted by molar-refractivity contribution is 0.187. The van der Waals surface area contributed by atoms with E-state index in [0.717, 1.165) is 6.54 Å². The molecule has 0 aromatic rings. The van der Waals surface area contributed by atoms with Gasteiger partial charge in [0.05, 0.1) is 0 Å². The van der Waals surface area contributed by atoms with Gasteiger partial charge in [-0.05, 0) is 20.8 Å². The first-order chi connectivity index (χ1) is 5.04. The van der Waals surface area contributed by atoms with Gasteiger partial charge in [0, 0.05) is 25.7 Å². The molecular formula is C8H16N2O. The third kappa shape index (κ3) is 1.32. The average Bonchev–Trinajstić information content (AvgIpc) is 2.17. The Bertz CT molecular complexity index is 167. The number of carbonyl (C=O) groups is 1. The summed E-state index contributed by atoms with van der Waals surface area (Å²) in [7, 11) is 1.86. The smallest absolute Gasteiger partial charge is 0.320 e. The molecule has 64 valence electrons. The number of nitrogens with zero attached hydrogens (tertiary/aromatic N) is 2. The van der Waals surface area contributed by atoms with Crippen LogP contribution in [0.4, 0.5) is 4.79 Å². The molecule has 1 aliphatic heterocycles. The molecule has 0 N–H and O–H groups in total. The molecule has 0 aromatic heterocycles. The molecule has 1 heterocycles. The van der Waals surface area contributed by atoms with Crippen LogP contribution in [0.1, 0.15) is 20.8 Å². The zero-order valence-corrected chi connectivity index (χ0v) is 7.66. The van der Waals surface area contributed by atoms with Crippen molar-refractivity contribution in [1.82, 2.24) is 9.80 Å². The maximum Gasteiger partial charge on any atom is 0.320 e. The Labute approximate surface area is 68.0 Å². The monoisotopic (exact) mass is 156 g/mol. The van der Waals surface area contributed by atoms with Gasteiger partial charge in [-0.25, -0.2) is 4.79 Å². The highest BCUT2D eigenvalue weighted by molar-refractivity contribution is 5.77. The molecule has 0 spiro atoms. The van der Waals surface area contributed by atoms with Gasteiger partial charge in [0.1, 0.15) is 0 Å². The zero-order valence-electron chi connectivity index (χ0n) is 7.66. The van der Waals surface area contributed by atoms with Gasteiger partial charge >= 0.3 is 6.03 Å². The second-order valence-electron chi connectivity index (χ2n) is 3.49. The van der Waals surface area contributed by atoms with Gasteiger partial charge in [-0.2, -0.15) is 0 Å². The van der Waals surface area contributed by atoms with Gasteiger partial charge in [-0.1, -0.05) is 0 Å². The van der Waals surface area contributed by atoms with Gasteiger partial charge in [-0.3, -0.25) is 0 Å². The second kappa shape index (κ2) is 2.72. The summed E-state index contributed by atoms with van der Waals surface area (Å²) in [6.07, 6.45) is 0. The first-order valence-corrected chi connectivity index (χ1v) is 4.07. The van der Waals surface area contributed by atoms with Crippen molar-refractivity contribution >= 4 is 6.03 Å². The standard InChI is InChI=1S/C8H16N2O/c1-6(2)10-5-7(3)9(4)8(10)11/h6-7H,5H2,1-4H3. The number of carbonyl (C=O) groups excluding carboxylic acids is 1. The molecule has 1 atom stereocenters. The van der Waals surface area contributed by atoms with Crippen LogP contribution in [0.25, 0.3) is 0 Å². The Balaban J connectivity index is 2.67. The highest BCUT2D eigenvalue weighted by atomic mass is 16.2. The maximum atomic E-state index is 11.4. The van der Waals surface area contributed by atoms with Crippen LogP contribution < -0.4 is 0 Å². The number of urea groups is 1. The van der Waals surface area contributed by atoms with Crippen molar-refractivity contribution in [3.63, 3.8) is 0 Å². The Morgan fingerprint density at radius 2 is 2.09 bits per heavy atom. The second-order valence-corrected chi connectivity index (χ2v) is 3.49. The maximum absolute atomic E-state index is 11.4. The molecule has 1 saturated heterocycles. The summed E-state index contributed by atoms with van der Waals surface area (Å²) in [6.45, 7) is 7.03. The average molecular weight is 156 g/mol. The predicted molar refractivity (Wildman–Crippen MR) is 44.5 cm³/mol. The zero-order chi connectivity index (χ0) is 8.59. The molecule has 2 amide bonds. The fraction of sp³-hybridized carbons (Fsp3) is 0.875. The number of likely N-dealkylation sites (N-methyl/N-ethyl adjacent to an activating group) is 1. The molecule has 1 fully saturated rings. The van der Waals surface area contributed by atoms with Crippen LogP contribution in [0.2, 0.25) is 0 Å². The lowest BCUT2D eigenvalue weighted by Gasteiger charge is -2.19. The predicted octanol–water partition coefficient (Wildman–Crippen LogP) is 1.15. The van der Waals surface area contributed by atoms with Gasteiger partial charge < -0.3 is 9.80 Å². The van der Waals surface area contributed by atoms with Crippen molar-refractivity contribution in [2.45, 2.75) is 32.9 Å². The molecular weight excluding hydrogens is 140 g/mol. The van der Waals surface area contributed by atoms with Crippen LogP contribution in [0.5, 0.6) is 0 Å².